The van der Waals surface area contributed by atoms with Crippen LogP contribution in [0.5, 0.6) is 11.5 Å². The summed E-state index contributed by atoms with van der Waals surface area (Å²) in [6.07, 6.45) is 4.55. The maximum absolute atomic E-state index is 12.5. The fourth-order valence-corrected chi connectivity index (χ4v) is 2.47. The van der Waals surface area contributed by atoms with E-state index in [4.69, 9.17) is 4.74 Å². The zero-order valence-electron chi connectivity index (χ0n) is 15.8. The van der Waals surface area contributed by atoms with Gasteiger partial charge >= 0.3 is 10.5 Å². The standard InChI is InChI=1S/C20H23FN2O4S/c1-4-16(3)14-22-23(5-2)18-8-6-17(7-9-18)15-26-19-10-12-20(13-11-19)27-28(21,24)25/h5-14,16H,2,4,15H2,1,3H3/b22-14-/t16-/m1/s1. The predicted molar refractivity (Wildman–Crippen MR) is 108 cm³/mol. The molecule has 0 aliphatic rings. The lowest BCUT2D eigenvalue weighted by molar-refractivity contribution is 0.306. The van der Waals surface area contributed by atoms with E-state index in [-0.39, 0.29) is 5.75 Å². The summed E-state index contributed by atoms with van der Waals surface area (Å²) in [6, 6.07) is 13.3. The minimum Gasteiger partial charge on any atom is -0.489 e. The van der Waals surface area contributed by atoms with Crippen molar-refractivity contribution < 1.29 is 21.2 Å². The highest BCUT2D eigenvalue weighted by molar-refractivity contribution is 7.81. The summed E-state index contributed by atoms with van der Waals surface area (Å²) in [4.78, 5) is 0. The monoisotopic (exact) mass is 406 g/mol. The van der Waals surface area contributed by atoms with Gasteiger partial charge in [0.05, 0.1) is 5.69 Å². The largest absolute Gasteiger partial charge is 0.489 e. The Kier molecular flexibility index (Phi) is 7.57. The molecule has 0 amide bonds. The lowest BCUT2D eigenvalue weighted by atomic mass is 10.1. The van der Waals surface area contributed by atoms with E-state index in [2.05, 4.69) is 29.7 Å². The van der Waals surface area contributed by atoms with Crippen LogP contribution in [0.25, 0.3) is 0 Å². The minimum atomic E-state index is -5.03. The van der Waals surface area contributed by atoms with Gasteiger partial charge in [0.25, 0.3) is 0 Å². The van der Waals surface area contributed by atoms with Crippen LogP contribution >= 0.6 is 0 Å². The molecule has 0 saturated heterocycles. The zero-order chi connectivity index (χ0) is 20.6. The van der Waals surface area contributed by atoms with Gasteiger partial charge in [-0.1, -0.05) is 36.4 Å². The molecule has 1 atom stereocenters. The number of rotatable bonds is 10. The van der Waals surface area contributed by atoms with Crippen LogP contribution in [0.15, 0.2) is 66.4 Å². The second kappa shape index (κ2) is 9.89. The van der Waals surface area contributed by atoms with Gasteiger partial charge in [0.2, 0.25) is 0 Å². The van der Waals surface area contributed by atoms with E-state index in [0.717, 1.165) is 17.7 Å². The molecular formula is C20H23FN2O4S. The highest BCUT2D eigenvalue weighted by Gasteiger charge is 2.09. The molecule has 0 unspecified atom stereocenters. The number of hydrazone groups is 1. The van der Waals surface area contributed by atoms with Crippen LogP contribution in [0, 0.1) is 5.92 Å². The third-order valence-electron chi connectivity index (χ3n) is 3.89. The fourth-order valence-electron chi connectivity index (χ4n) is 2.13. The molecule has 0 N–H and O–H groups in total. The normalized spacial score (nSPS) is 12.5. The molecule has 2 aromatic carbocycles. The third-order valence-corrected chi connectivity index (χ3v) is 4.28. The summed E-state index contributed by atoms with van der Waals surface area (Å²) in [5, 5.41) is 6.12. The number of nitrogens with zero attached hydrogens (tertiary/aromatic N) is 2. The number of hydrogen-bond donors (Lipinski definition) is 0. The molecule has 0 heterocycles. The van der Waals surface area contributed by atoms with Crippen molar-refractivity contribution in [3.8, 4) is 11.5 Å². The highest BCUT2D eigenvalue weighted by Crippen LogP contribution is 2.21. The first kappa shape index (κ1) is 21.4. The maximum atomic E-state index is 12.5. The second-order valence-corrected chi connectivity index (χ2v) is 7.03. The van der Waals surface area contributed by atoms with Crippen molar-refractivity contribution in [2.45, 2.75) is 26.9 Å². The van der Waals surface area contributed by atoms with E-state index in [9.17, 15) is 12.3 Å². The van der Waals surface area contributed by atoms with Gasteiger partial charge in [-0.25, -0.2) is 5.01 Å². The molecule has 0 saturated carbocycles. The molecule has 0 aliphatic carbocycles. The number of anilines is 1. The Morgan fingerprint density at radius 3 is 2.29 bits per heavy atom. The van der Waals surface area contributed by atoms with Crippen LogP contribution in [0.3, 0.4) is 0 Å². The van der Waals surface area contributed by atoms with Crippen LogP contribution in [-0.2, 0) is 17.1 Å². The van der Waals surface area contributed by atoms with Crippen molar-refractivity contribution in [3.05, 3.63) is 66.9 Å². The maximum Gasteiger partial charge on any atom is 0.488 e. The molecule has 8 heteroatoms. The van der Waals surface area contributed by atoms with Gasteiger partial charge in [0.15, 0.2) is 0 Å². The molecule has 2 rings (SSSR count). The first-order valence-electron chi connectivity index (χ1n) is 8.72. The topological polar surface area (TPSA) is 68.2 Å². The molecule has 0 aromatic heterocycles. The highest BCUT2D eigenvalue weighted by atomic mass is 32.3. The van der Waals surface area contributed by atoms with Crippen LogP contribution < -0.4 is 13.9 Å². The Morgan fingerprint density at radius 1 is 1.14 bits per heavy atom. The van der Waals surface area contributed by atoms with Crippen molar-refractivity contribution in [1.82, 2.24) is 0 Å². The summed E-state index contributed by atoms with van der Waals surface area (Å²) in [7, 11) is -5.03. The fraction of sp³-hybridized carbons (Fsp3) is 0.250. The summed E-state index contributed by atoms with van der Waals surface area (Å²) in [5.41, 5.74) is 1.82. The molecule has 0 radical (unpaired) electrons. The number of benzene rings is 2. The van der Waals surface area contributed by atoms with E-state index in [1.807, 2.05) is 30.5 Å². The third kappa shape index (κ3) is 7.03. The lowest BCUT2D eigenvalue weighted by Crippen LogP contribution is -2.09. The van der Waals surface area contributed by atoms with Gasteiger partial charge in [-0.05, 0) is 54.3 Å². The molecular weight excluding hydrogens is 383 g/mol. The number of hydrogen-bond acceptors (Lipinski definition) is 6. The van der Waals surface area contributed by atoms with Crippen molar-refractivity contribution >= 4 is 22.4 Å². The Bertz CT molecular complexity index is 897. The van der Waals surface area contributed by atoms with Crippen LogP contribution in [-0.4, -0.2) is 14.6 Å². The average molecular weight is 406 g/mol. The Labute approximate surface area is 165 Å². The van der Waals surface area contributed by atoms with E-state index >= 15 is 0 Å². The van der Waals surface area contributed by atoms with Crippen molar-refractivity contribution in [3.63, 3.8) is 0 Å². The summed E-state index contributed by atoms with van der Waals surface area (Å²) >= 11 is 0. The SMILES string of the molecule is C=CN(/N=C\[C@H](C)CC)c1ccc(COc2ccc(OS(=O)(=O)F)cc2)cc1. The summed E-state index contributed by atoms with van der Waals surface area (Å²) < 4.78 is 43.1. The molecule has 0 fully saturated rings. The summed E-state index contributed by atoms with van der Waals surface area (Å²) in [6.45, 7) is 8.30. The predicted octanol–water partition coefficient (Wildman–Crippen LogP) is 4.84. The first-order chi connectivity index (χ1) is 13.3. The molecule has 28 heavy (non-hydrogen) atoms. The average Bonchev–Trinajstić information content (AvgIpc) is 2.67. The van der Waals surface area contributed by atoms with Crippen LogP contribution in [0.4, 0.5) is 9.57 Å². The minimum absolute atomic E-state index is 0.123. The number of halogens is 1. The van der Waals surface area contributed by atoms with Crippen molar-refractivity contribution in [1.29, 1.82) is 0 Å². The molecule has 0 aliphatic heterocycles. The van der Waals surface area contributed by atoms with Crippen LogP contribution in [0.1, 0.15) is 25.8 Å². The van der Waals surface area contributed by atoms with Crippen molar-refractivity contribution in [2.24, 2.45) is 11.0 Å². The molecule has 2 aromatic rings. The van der Waals surface area contributed by atoms with Gasteiger partial charge in [-0.15, -0.1) is 0 Å². The molecule has 0 spiro atoms. The van der Waals surface area contributed by atoms with Gasteiger partial charge in [-0.2, -0.15) is 13.5 Å². The van der Waals surface area contributed by atoms with E-state index < -0.39 is 10.5 Å². The quantitative estimate of drug-likeness (QED) is 0.321. The Morgan fingerprint density at radius 2 is 1.75 bits per heavy atom. The van der Waals surface area contributed by atoms with Gasteiger partial charge in [0, 0.05) is 12.4 Å². The number of ether oxygens (including phenoxy) is 1. The zero-order valence-corrected chi connectivity index (χ0v) is 16.6. The summed E-state index contributed by atoms with van der Waals surface area (Å²) in [5.74, 6) is 0.761. The molecule has 6 nitrogen and oxygen atoms in total. The van der Waals surface area contributed by atoms with Crippen LogP contribution in [0.2, 0.25) is 0 Å². The van der Waals surface area contributed by atoms with E-state index in [1.165, 1.54) is 24.3 Å². The van der Waals surface area contributed by atoms with Gasteiger partial charge in [-0.3, -0.25) is 0 Å². The van der Waals surface area contributed by atoms with E-state index in [0.29, 0.717) is 18.3 Å². The van der Waals surface area contributed by atoms with Gasteiger partial charge < -0.3 is 8.92 Å². The van der Waals surface area contributed by atoms with Gasteiger partial charge in [0.1, 0.15) is 18.1 Å². The molecule has 150 valence electrons. The Balaban J connectivity index is 1.95. The van der Waals surface area contributed by atoms with Crippen molar-refractivity contribution in [2.75, 3.05) is 5.01 Å². The van der Waals surface area contributed by atoms with E-state index in [1.54, 1.807) is 11.2 Å². The first-order valence-corrected chi connectivity index (χ1v) is 10.0. The lowest BCUT2D eigenvalue weighted by Gasteiger charge is -2.15. The molecule has 0 bridgehead atoms. The second-order valence-electron chi connectivity index (χ2n) is 6.08. The smallest absolute Gasteiger partial charge is 0.488 e. The Hall–Kier alpha value is -2.87.